The van der Waals surface area contributed by atoms with Gasteiger partial charge in [0.05, 0.1) is 6.04 Å². The molecule has 2 aromatic rings. The van der Waals surface area contributed by atoms with Gasteiger partial charge < -0.3 is 10.1 Å². The van der Waals surface area contributed by atoms with Crippen LogP contribution in [0.4, 0.5) is 5.69 Å². The molecule has 1 N–H and O–H groups in total. The lowest BCUT2D eigenvalue weighted by atomic mass is 9.90. The van der Waals surface area contributed by atoms with Gasteiger partial charge in [0.15, 0.2) is 10.8 Å². The molecule has 4 rings (SSSR count). The largest absolute Gasteiger partial charge is 0.467 e. The summed E-state index contributed by atoms with van der Waals surface area (Å²) in [5.74, 6) is 0.863. The predicted molar refractivity (Wildman–Crippen MR) is 102 cm³/mol. The van der Waals surface area contributed by atoms with Crippen LogP contribution in [-0.2, 0) is 0 Å². The smallest absolute Gasteiger partial charge is 0.188 e. The Hall–Kier alpha value is -1.78. The van der Waals surface area contributed by atoms with Crippen LogP contribution in [0.1, 0.15) is 36.1 Å². The summed E-state index contributed by atoms with van der Waals surface area (Å²) < 4.78 is 6.40. The molecule has 2 heterocycles. The second kappa shape index (κ2) is 5.36. The normalized spacial score (nSPS) is 24.9. The number of rotatable bonds is 1. The van der Waals surface area contributed by atoms with Crippen molar-refractivity contribution in [2.24, 2.45) is 0 Å². The van der Waals surface area contributed by atoms with Gasteiger partial charge in [0.2, 0.25) is 0 Å². The van der Waals surface area contributed by atoms with Crippen LogP contribution in [0.3, 0.4) is 0 Å². The highest BCUT2D eigenvalue weighted by atomic mass is 35.5. The van der Waals surface area contributed by atoms with Gasteiger partial charge in [-0.2, -0.15) is 0 Å². The Kier molecular flexibility index (Phi) is 3.52. The molecule has 5 heteroatoms. The average molecular weight is 359 g/mol. The highest BCUT2D eigenvalue weighted by molar-refractivity contribution is 7.80. The zero-order valence-electron chi connectivity index (χ0n) is 13.9. The Labute approximate surface area is 152 Å². The molecule has 0 spiro atoms. The summed E-state index contributed by atoms with van der Waals surface area (Å²) >= 11 is 11.8. The van der Waals surface area contributed by atoms with Crippen molar-refractivity contribution in [2.75, 3.05) is 4.90 Å². The van der Waals surface area contributed by atoms with Crippen molar-refractivity contribution < 1.29 is 4.74 Å². The van der Waals surface area contributed by atoms with Crippen molar-refractivity contribution in [2.45, 2.75) is 39.0 Å². The molecule has 0 amide bonds. The summed E-state index contributed by atoms with van der Waals surface area (Å²) in [6.45, 7) is 6.30. The molecule has 1 fully saturated rings. The second-order valence-corrected chi connectivity index (χ2v) is 7.67. The Morgan fingerprint density at radius 3 is 2.62 bits per heavy atom. The minimum atomic E-state index is -0.520. The number of hydrogen-bond donors (Lipinski definition) is 1. The summed E-state index contributed by atoms with van der Waals surface area (Å²) in [5.41, 5.74) is 4.03. The maximum Gasteiger partial charge on any atom is 0.188 e. The molecule has 2 atom stereocenters. The summed E-state index contributed by atoms with van der Waals surface area (Å²) in [4.78, 5) is 2.09. The molecule has 0 aliphatic carbocycles. The van der Waals surface area contributed by atoms with E-state index in [1.165, 1.54) is 11.1 Å². The van der Waals surface area contributed by atoms with Crippen molar-refractivity contribution in [3.8, 4) is 5.75 Å². The van der Waals surface area contributed by atoms with E-state index in [4.69, 9.17) is 28.6 Å². The number of hydrogen-bond acceptors (Lipinski definition) is 2. The third-order valence-electron chi connectivity index (χ3n) is 4.70. The highest BCUT2D eigenvalue weighted by Crippen LogP contribution is 2.46. The number of anilines is 1. The van der Waals surface area contributed by atoms with E-state index < -0.39 is 5.72 Å². The van der Waals surface area contributed by atoms with Crippen LogP contribution in [-0.4, -0.2) is 10.8 Å². The van der Waals surface area contributed by atoms with Gasteiger partial charge in [-0.25, -0.2) is 0 Å². The van der Waals surface area contributed by atoms with Crippen LogP contribution in [0.25, 0.3) is 0 Å². The fourth-order valence-corrected chi connectivity index (χ4v) is 4.44. The Bertz CT molecular complexity index is 833. The van der Waals surface area contributed by atoms with Gasteiger partial charge in [-0.1, -0.05) is 17.7 Å². The lowest BCUT2D eigenvalue weighted by Gasteiger charge is -2.52. The van der Waals surface area contributed by atoms with E-state index >= 15 is 0 Å². The van der Waals surface area contributed by atoms with E-state index in [1.807, 2.05) is 18.2 Å². The van der Waals surface area contributed by atoms with Crippen LogP contribution in [0, 0.1) is 13.8 Å². The molecule has 1 saturated heterocycles. The van der Waals surface area contributed by atoms with Crippen LogP contribution in [0.5, 0.6) is 5.75 Å². The first kappa shape index (κ1) is 15.7. The van der Waals surface area contributed by atoms with Gasteiger partial charge in [-0.3, -0.25) is 4.90 Å². The first-order chi connectivity index (χ1) is 11.4. The molecule has 3 nitrogen and oxygen atoms in total. The predicted octanol–water partition coefficient (Wildman–Crippen LogP) is 4.89. The van der Waals surface area contributed by atoms with Gasteiger partial charge in [-0.05, 0) is 74.4 Å². The summed E-state index contributed by atoms with van der Waals surface area (Å²) in [6.07, 6.45) is 0.799. The molecule has 24 heavy (non-hydrogen) atoms. The van der Waals surface area contributed by atoms with Crippen molar-refractivity contribution >= 4 is 34.6 Å². The van der Waals surface area contributed by atoms with Gasteiger partial charge in [0.1, 0.15) is 5.75 Å². The Balaban J connectivity index is 1.82. The number of thiocarbonyl (C=S) groups is 1. The molecular formula is C19H19ClN2OS. The molecule has 0 aromatic heterocycles. The minimum Gasteiger partial charge on any atom is -0.467 e. The number of nitrogens with zero attached hydrogens (tertiary/aromatic N) is 1. The maximum absolute atomic E-state index is 6.40. The highest BCUT2D eigenvalue weighted by Gasteiger charge is 2.48. The average Bonchev–Trinajstić information content (AvgIpc) is 2.46. The van der Waals surface area contributed by atoms with Gasteiger partial charge in [0.25, 0.3) is 0 Å². The fourth-order valence-electron chi connectivity index (χ4n) is 3.82. The molecular weight excluding hydrogens is 340 g/mol. The zero-order chi connectivity index (χ0) is 17.1. The quantitative estimate of drug-likeness (QED) is 0.733. The van der Waals surface area contributed by atoms with E-state index in [1.54, 1.807) is 0 Å². The molecule has 2 aliphatic heterocycles. The van der Waals surface area contributed by atoms with Gasteiger partial charge >= 0.3 is 0 Å². The van der Waals surface area contributed by atoms with Crippen molar-refractivity contribution in [1.29, 1.82) is 0 Å². The van der Waals surface area contributed by atoms with Crippen molar-refractivity contribution in [3.05, 3.63) is 58.1 Å². The number of nitrogens with one attached hydrogen (secondary N) is 1. The number of fused-ring (bicyclic) bond motifs is 4. The van der Waals surface area contributed by atoms with Crippen molar-refractivity contribution in [1.82, 2.24) is 5.32 Å². The fraction of sp³-hybridized carbons (Fsp3) is 0.316. The van der Waals surface area contributed by atoms with Crippen molar-refractivity contribution in [3.63, 3.8) is 0 Å². The number of aryl methyl sites for hydroxylation is 2. The third-order valence-corrected chi connectivity index (χ3v) is 5.23. The minimum absolute atomic E-state index is 0.118. The lowest BCUT2D eigenvalue weighted by molar-refractivity contribution is 0.0498. The standard InChI is InChI=1S/C19H19ClN2OS/c1-11-6-12(2)8-14(7-11)22-18(24)21-16-10-19(22,3)23-17-5-4-13(20)9-15(16)17/h4-9,16H,10H2,1-3H3,(H,21,24)/t16-,19+/m0/s1. The zero-order valence-corrected chi connectivity index (χ0v) is 15.5. The van der Waals surface area contributed by atoms with Gasteiger partial charge in [-0.15, -0.1) is 0 Å². The molecule has 0 unspecified atom stereocenters. The van der Waals surface area contributed by atoms with E-state index in [2.05, 4.69) is 49.2 Å². The van der Waals surface area contributed by atoms with Crippen LogP contribution in [0.2, 0.25) is 5.02 Å². The molecule has 0 radical (unpaired) electrons. The second-order valence-electron chi connectivity index (χ2n) is 6.85. The topological polar surface area (TPSA) is 24.5 Å². The SMILES string of the molecule is Cc1cc(C)cc(N2C(=S)N[C@H]3C[C@@]2(C)Oc2ccc(Cl)cc23)c1. The third kappa shape index (κ3) is 2.45. The van der Waals surface area contributed by atoms with Gasteiger partial charge in [0, 0.05) is 22.7 Å². The van der Waals surface area contributed by atoms with Crippen LogP contribution < -0.4 is 15.0 Å². The van der Waals surface area contributed by atoms with E-state index in [9.17, 15) is 0 Å². The molecule has 2 aromatic carbocycles. The Morgan fingerprint density at radius 2 is 1.92 bits per heavy atom. The van der Waals surface area contributed by atoms with Crippen LogP contribution >= 0.6 is 23.8 Å². The first-order valence-electron chi connectivity index (χ1n) is 8.03. The summed E-state index contributed by atoms with van der Waals surface area (Å²) in [6, 6.07) is 12.3. The Morgan fingerprint density at radius 1 is 1.21 bits per heavy atom. The summed E-state index contributed by atoms with van der Waals surface area (Å²) in [5, 5.41) is 4.86. The maximum atomic E-state index is 6.40. The molecule has 2 bridgehead atoms. The summed E-state index contributed by atoms with van der Waals surface area (Å²) in [7, 11) is 0. The number of halogens is 1. The number of benzene rings is 2. The van der Waals surface area contributed by atoms with E-state index in [-0.39, 0.29) is 6.04 Å². The first-order valence-corrected chi connectivity index (χ1v) is 8.82. The van der Waals surface area contributed by atoms with E-state index in [0.29, 0.717) is 10.1 Å². The van der Waals surface area contributed by atoms with Crippen LogP contribution in [0.15, 0.2) is 36.4 Å². The van der Waals surface area contributed by atoms with E-state index in [0.717, 1.165) is 23.4 Å². The molecule has 124 valence electrons. The molecule has 2 aliphatic rings. The lowest BCUT2D eigenvalue weighted by Crippen LogP contribution is -2.65. The monoisotopic (exact) mass is 358 g/mol. The molecule has 0 saturated carbocycles. The number of ether oxygens (including phenoxy) is 1.